The van der Waals surface area contributed by atoms with Crippen LogP contribution in [0, 0.1) is 0 Å². The van der Waals surface area contributed by atoms with Gasteiger partial charge in [-0.15, -0.1) is 10.2 Å². The fourth-order valence-electron chi connectivity index (χ4n) is 2.78. The van der Waals surface area contributed by atoms with Gasteiger partial charge in [0.1, 0.15) is 6.04 Å². The number of hydrogen-bond acceptors (Lipinski definition) is 5. The highest BCUT2D eigenvalue weighted by Crippen LogP contribution is 2.24. The highest BCUT2D eigenvalue weighted by molar-refractivity contribution is 5.86. The average molecular weight is 300 g/mol. The molecule has 116 valence electrons. The van der Waals surface area contributed by atoms with E-state index in [1.54, 1.807) is 0 Å². The van der Waals surface area contributed by atoms with Gasteiger partial charge in [-0.05, 0) is 37.1 Å². The summed E-state index contributed by atoms with van der Waals surface area (Å²) in [5.74, 6) is 0.529. The van der Waals surface area contributed by atoms with Gasteiger partial charge in [0.25, 0.3) is 0 Å². The van der Waals surface area contributed by atoms with Crippen LogP contribution in [0.25, 0.3) is 11.4 Å². The molecule has 1 saturated carbocycles. The minimum atomic E-state index is -0.325. The van der Waals surface area contributed by atoms with E-state index in [1.807, 2.05) is 31.2 Å². The van der Waals surface area contributed by atoms with E-state index in [9.17, 15) is 4.79 Å². The molecule has 3 rings (SSSR count). The molecule has 0 spiro atoms. The van der Waals surface area contributed by atoms with Crippen LogP contribution in [0.4, 0.5) is 5.69 Å². The van der Waals surface area contributed by atoms with Gasteiger partial charge in [0, 0.05) is 17.3 Å². The first-order valence-corrected chi connectivity index (χ1v) is 7.64. The molecule has 1 aromatic heterocycles. The summed E-state index contributed by atoms with van der Waals surface area (Å²) in [6, 6.07) is 7.62. The molecule has 0 bridgehead atoms. The number of H-pyrrole nitrogens is 1. The largest absolute Gasteiger partial charge is 0.373 e. The molecule has 2 aromatic rings. The third-order valence-corrected chi connectivity index (χ3v) is 3.98. The third-order valence-electron chi connectivity index (χ3n) is 3.98. The van der Waals surface area contributed by atoms with Gasteiger partial charge >= 0.3 is 0 Å². The first-order valence-electron chi connectivity index (χ1n) is 7.64. The van der Waals surface area contributed by atoms with E-state index in [0.29, 0.717) is 11.9 Å². The second-order valence-corrected chi connectivity index (χ2v) is 5.64. The molecule has 0 radical (unpaired) electrons. The summed E-state index contributed by atoms with van der Waals surface area (Å²) in [7, 11) is 0. The van der Waals surface area contributed by atoms with Crippen molar-refractivity contribution in [2.75, 3.05) is 5.32 Å². The number of carbonyl (C=O) groups is 1. The van der Waals surface area contributed by atoms with Gasteiger partial charge in [0.15, 0.2) is 0 Å². The van der Waals surface area contributed by atoms with Crippen LogP contribution in [0.1, 0.15) is 32.6 Å². The van der Waals surface area contributed by atoms with Gasteiger partial charge in [-0.1, -0.05) is 25.0 Å². The predicted molar refractivity (Wildman–Crippen MR) is 83.1 cm³/mol. The molecular weight excluding hydrogens is 280 g/mol. The number of carbonyl (C=O) groups excluding carboxylic acids is 1. The molecule has 3 N–H and O–H groups in total. The molecule has 1 atom stereocenters. The normalized spacial score (nSPS) is 16.4. The summed E-state index contributed by atoms with van der Waals surface area (Å²) in [6.45, 7) is 1.86. The Balaban J connectivity index is 1.68. The molecule has 0 saturated heterocycles. The predicted octanol–water partition coefficient (Wildman–Crippen LogP) is 1.73. The molecular formula is C15H20N6O. The van der Waals surface area contributed by atoms with E-state index < -0.39 is 0 Å². The van der Waals surface area contributed by atoms with Crippen LogP contribution in [0.5, 0.6) is 0 Å². The fourth-order valence-corrected chi connectivity index (χ4v) is 2.78. The lowest BCUT2D eigenvalue weighted by Crippen LogP contribution is -2.42. The number of tetrazole rings is 1. The van der Waals surface area contributed by atoms with Gasteiger partial charge in [-0.25, -0.2) is 0 Å². The smallest absolute Gasteiger partial charge is 0.242 e. The lowest BCUT2D eigenvalue weighted by molar-refractivity contribution is -0.122. The summed E-state index contributed by atoms with van der Waals surface area (Å²) in [5.41, 5.74) is 1.63. The standard InChI is InChI=1S/C15H20N6O/c1-10(15(22)17-11-6-2-3-7-11)16-13-9-5-4-8-12(13)14-18-20-21-19-14/h4-5,8-11,16H,2-3,6-7H2,1H3,(H,17,22)(H,18,19,20,21). The highest BCUT2D eigenvalue weighted by atomic mass is 16.2. The Bertz CT molecular complexity index is 621. The van der Waals surface area contributed by atoms with Crippen molar-refractivity contribution in [2.24, 2.45) is 0 Å². The van der Waals surface area contributed by atoms with Crippen molar-refractivity contribution in [3.05, 3.63) is 24.3 Å². The molecule has 0 aliphatic heterocycles. The molecule has 22 heavy (non-hydrogen) atoms. The zero-order valence-corrected chi connectivity index (χ0v) is 12.5. The van der Waals surface area contributed by atoms with E-state index in [4.69, 9.17) is 0 Å². The number of aromatic nitrogens is 4. The monoisotopic (exact) mass is 300 g/mol. The summed E-state index contributed by atoms with van der Waals surface area (Å²) in [5, 5.41) is 20.4. The number of para-hydroxylation sites is 1. The first kappa shape index (κ1) is 14.5. The zero-order chi connectivity index (χ0) is 15.4. The fraction of sp³-hybridized carbons (Fsp3) is 0.467. The van der Waals surface area contributed by atoms with Gasteiger partial charge in [0.05, 0.1) is 0 Å². The minimum absolute atomic E-state index is 0.0230. The van der Waals surface area contributed by atoms with E-state index in [0.717, 1.165) is 24.1 Å². The molecule has 1 heterocycles. The maximum absolute atomic E-state index is 12.3. The maximum Gasteiger partial charge on any atom is 0.242 e. The topological polar surface area (TPSA) is 95.6 Å². The van der Waals surface area contributed by atoms with Crippen molar-refractivity contribution >= 4 is 11.6 Å². The quantitative estimate of drug-likeness (QED) is 0.781. The Morgan fingerprint density at radius 1 is 1.32 bits per heavy atom. The van der Waals surface area contributed by atoms with Crippen LogP contribution >= 0.6 is 0 Å². The van der Waals surface area contributed by atoms with Crippen LogP contribution in [0.15, 0.2) is 24.3 Å². The number of nitrogens with one attached hydrogen (secondary N) is 3. The molecule has 1 unspecified atom stereocenters. The van der Waals surface area contributed by atoms with E-state index >= 15 is 0 Å². The Kier molecular flexibility index (Phi) is 4.32. The van der Waals surface area contributed by atoms with Gasteiger partial charge in [-0.2, -0.15) is 5.21 Å². The molecule has 1 aliphatic rings. The lowest BCUT2D eigenvalue weighted by atomic mass is 10.1. The molecule has 1 amide bonds. The van der Waals surface area contributed by atoms with Crippen molar-refractivity contribution in [1.82, 2.24) is 25.9 Å². The molecule has 7 heteroatoms. The lowest BCUT2D eigenvalue weighted by Gasteiger charge is -2.19. The minimum Gasteiger partial charge on any atom is -0.373 e. The number of benzene rings is 1. The van der Waals surface area contributed by atoms with E-state index in [1.165, 1.54) is 12.8 Å². The van der Waals surface area contributed by atoms with Crippen LogP contribution in [-0.4, -0.2) is 38.6 Å². The van der Waals surface area contributed by atoms with Gasteiger partial charge in [0.2, 0.25) is 11.7 Å². The maximum atomic E-state index is 12.3. The van der Waals surface area contributed by atoms with Crippen LogP contribution in [-0.2, 0) is 4.79 Å². The first-order chi connectivity index (χ1) is 10.7. The Hall–Kier alpha value is -2.44. The number of rotatable bonds is 5. The number of nitrogens with zero attached hydrogens (tertiary/aromatic N) is 3. The zero-order valence-electron chi connectivity index (χ0n) is 12.5. The van der Waals surface area contributed by atoms with Crippen molar-refractivity contribution in [2.45, 2.75) is 44.7 Å². The Morgan fingerprint density at radius 2 is 2.09 bits per heavy atom. The molecule has 7 nitrogen and oxygen atoms in total. The molecule has 1 aliphatic carbocycles. The summed E-state index contributed by atoms with van der Waals surface area (Å²) in [6.07, 6.45) is 4.57. The number of amides is 1. The van der Waals surface area contributed by atoms with Crippen molar-refractivity contribution in [1.29, 1.82) is 0 Å². The third kappa shape index (κ3) is 3.24. The Labute approximate surface area is 128 Å². The van der Waals surface area contributed by atoms with Crippen molar-refractivity contribution < 1.29 is 4.79 Å². The summed E-state index contributed by atoms with van der Waals surface area (Å²) < 4.78 is 0. The van der Waals surface area contributed by atoms with Crippen LogP contribution in [0.2, 0.25) is 0 Å². The Morgan fingerprint density at radius 3 is 2.82 bits per heavy atom. The summed E-state index contributed by atoms with van der Waals surface area (Å²) >= 11 is 0. The van der Waals surface area contributed by atoms with Crippen LogP contribution in [0.3, 0.4) is 0 Å². The second-order valence-electron chi connectivity index (χ2n) is 5.64. The number of hydrogen-bond donors (Lipinski definition) is 3. The van der Waals surface area contributed by atoms with E-state index in [-0.39, 0.29) is 11.9 Å². The average Bonchev–Trinajstić information content (AvgIpc) is 3.21. The van der Waals surface area contributed by atoms with Gasteiger partial charge < -0.3 is 10.6 Å². The van der Waals surface area contributed by atoms with Crippen LogP contribution < -0.4 is 10.6 Å². The number of anilines is 1. The SMILES string of the molecule is CC(Nc1ccccc1-c1nn[nH]n1)C(=O)NC1CCCC1. The second kappa shape index (κ2) is 6.55. The molecule has 1 aromatic carbocycles. The van der Waals surface area contributed by atoms with Crippen molar-refractivity contribution in [3.63, 3.8) is 0 Å². The van der Waals surface area contributed by atoms with E-state index in [2.05, 4.69) is 31.3 Å². The van der Waals surface area contributed by atoms with Crippen molar-refractivity contribution in [3.8, 4) is 11.4 Å². The summed E-state index contributed by atoms with van der Waals surface area (Å²) in [4.78, 5) is 12.3. The number of aromatic amines is 1. The van der Waals surface area contributed by atoms with Gasteiger partial charge in [-0.3, -0.25) is 4.79 Å². The molecule has 1 fully saturated rings. The highest BCUT2D eigenvalue weighted by Gasteiger charge is 2.21.